The lowest BCUT2D eigenvalue weighted by atomic mass is 9.94. The number of hydrogen-bond acceptors (Lipinski definition) is 5. The van der Waals surface area contributed by atoms with Gasteiger partial charge in [-0.15, -0.1) is 5.10 Å². The van der Waals surface area contributed by atoms with E-state index in [-0.39, 0.29) is 29.1 Å². The molecule has 0 aliphatic carbocycles. The summed E-state index contributed by atoms with van der Waals surface area (Å²) in [6.07, 6.45) is 2.60. The normalized spacial score (nSPS) is 14.8. The number of nitrogens with one attached hydrogen (secondary N) is 1. The number of halogens is 3. The van der Waals surface area contributed by atoms with Crippen LogP contribution in [0, 0.1) is 17.5 Å². The monoisotopic (exact) mass is 609 g/mol. The van der Waals surface area contributed by atoms with Gasteiger partial charge in [-0.2, -0.15) is 0 Å². The molecule has 0 radical (unpaired) electrons. The molecule has 0 atom stereocenters. The number of rotatable bonds is 5. The third-order valence-corrected chi connectivity index (χ3v) is 8.25. The quantitative estimate of drug-likeness (QED) is 0.231. The molecule has 0 unspecified atom stereocenters. The maximum absolute atomic E-state index is 14.2. The summed E-state index contributed by atoms with van der Waals surface area (Å²) in [7, 11) is 0. The summed E-state index contributed by atoms with van der Waals surface area (Å²) < 4.78 is 48.8. The molecule has 2 aliphatic rings. The first-order valence-electron chi connectivity index (χ1n) is 14.5. The predicted octanol–water partition coefficient (Wildman–Crippen LogP) is 6.46. The molecule has 1 saturated heterocycles. The van der Waals surface area contributed by atoms with E-state index in [9.17, 15) is 22.8 Å². The molecule has 11 heteroatoms. The topological polar surface area (TPSA) is 89.4 Å². The molecule has 8 nitrogen and oxygen atoms in total. The second kappa shape index (κ2) is 11.6. The molecule has 1 aromatic heterocycles. The van der Waals surface area contributed by atoms with Crippen LogP contribution < -0.4 is 10.1 Å². The van der Waals surface area contributed by atoms with Crippen molar-refractivity contribution in [3.63, 3.8) is 0 Å². The summed E-state index contributed by atoms with van der Waals surface area (Å²) in [5.74, 6) is -2.55. The largest absolute Gasteiger partial charge is 0.457 e. The van der Waals surface area contributed by atoms with Crippen molar-refractivity contribution in [2.75, 3.05) is 13.1 Å². The lowest BCUT2D eigenvalue weighted by Crippen LogP contribution is -2.39. The molecule has 3 heterocycles. The number of carbonyl (C=O) groups excluding carboxylic acids is 2. The van der Waals surface area contributed by atoms with Crippen LogP contribution in [0.2, 0.25) is 0 Å². The van der Waals surface area contributed by atoms with Crippen LogP contribution in [-0.2, 0) is 0 Å². The Bertz CT molecular complexity index is 1890. The lowest BCUT2D eigenvalue weighted by Gasteiger charge is -2.32. The fraction of sp³-hybridized carbons (Fsp3) is 0.176. The SMILES string of the molecule is O=C(NC1c2ccccc2Oc2ccccc21)c1cccc(C(=O)N2CCC(n3cc(-c4cc(F)c(F)cc4F)nn3)CC2)c1. The summed E-state index contributed by atoms with van der Waals surface area (Å²) >= 11 is 0. The Morgan fingerprint density at radius 1 is 0.778 bits per heavy atom. The minimum absolute atomic E-state index is 0.0905. The molecule has 0 spiro atoms. The van der Waals surface area contributed by atoms with E-state index < -0.39 is 23.5 Å². The highest BCUT2D eigenvalue weighted by Gasteiger charge is 2.30. The van der Waals surface area contributed by atoms with Gasteiger partial charge in [-0.1, -0.05) is 47.7 Å². The van der Waals surface area contributed by atoms with Crippen molar-refractivity contribution in [1.82, 2.24) is 25.2 Å². The standard InChI is InChI=1S/C34H26F3N5O3/c35-26-18-28(37)27(36)17-25(26)29-19-42(40-39-29)22-12-14-41(15-13-22)34(44)21-7-5-6-20(16-21)33(43)38-32-23-8-1-3-10-30(23)45-31-11-4-2-9-24(31)32/h1-11,16-19,22,32H,12-15H2,(H,38,43). The number of amides is 2. The number of hydrogen-bond donors (Lipinski definition) is 1. The van der Waals surface area contributed by atoms with Crippen LogP contribution in [0.15, 0.2) is 91.1 Å². The van der Waals surface area contributed by atoms with Gasteiger partial charge in [-0.05, 0) is 49.2 Å². The van der Waals surface area contributed by atoms with Crippen molar-refractivity contribution in [3.05, 3.63) is 131 Å². The van der Waals surface area contributed by atoms with Gasteiger partial charge in [0.2, 0.25) is 0 Å². The number of likely N-dealkylation sites (tertiary alicyclic amines) is 1. The summed E-state index contributed by atoms with van der Waals surface area (Å²) in [5, 5.41) is 11.1. The number of ether oxygens (including phenoxy) is 1. The van der Waals surface area contributed by atoms with E-state index in [1.807, 2.05) is 48.5 Å². The first-order chi connectivity index (χ1) is 21.9. The molecule has 226 valence electrons. The highest BCUT2D eigenvalue weighted by atomic mass is 19.2. The van der Waals surface area contributed by atoms with Gasteiger partial charge in [0.05, 0.1) is 18.3 Å². The summed E-state index contributed by atoms with van der Waals surface area (Å²) in [6.45, 7) is 0.842. The van der Waals surface area contributed by atoms with Gasteiger partial charge in [-0.3, -0.25) is 9.59 Å². The number of piperidine rings is 1. The highest BCUT2D eigenvalue weighted by molar-refractivity contribution is 6.00. The average molecular weight is 610 g/mol. The van der Waals surface area contributed by atoms with Crippen LogP contribution in [0.3, 0.4) is 0 Å². The maximum atomic E-state index is 14.2. The third kappa shape index (κ3) is 5.41. The van der Waals surface area contributed by atoms with Crippen LogP contribution in [0.25, 0.3) is 11.3 Å². The molecule has 7 rings (SSSR count). The Hall–Kier alpha value is -5.45. The van der Waals surface area contributed by atoms with Crippen LogP contribution in [0.4, 0.5) is 13.2 Å². The molecule has 2 aliphatic heterocycles. The smallest absolute Gasteiger partial charge is 0.253 e. The van der Waals surface area contributed by atoms with Gasteiger partial charge in [0.1, 0.15) is 23.0 Å². The van der Waals surface area contributed by atoms with E-state index in [1.54, 1.807) is 33.8 Å². The predicted molar refractivity (Wildman–Crippen MR) is 158 cm³/mol. The van der Waals surface area contributed by atoms with E-state index in [0.717, 1.165) is 17.2 Å². The van der Waals surface area contributed by atoms with Crippen LogP contribution in [0.1, 0.15) is 56.8 Å². The third-order valence-electron chi connectivity index (χ3n) is 8.25. The van der Waals surface area contributed by atoms with Crippen molar-refractivity contribution in [1.29, 1.82) is 0 Å². The Morgan fingerprint density at radius 2 is 1.42 bits per heavy atom. The summed E-state index contributed by atoms with van der Waals surface area (Å²) in [6, 6.07) is 22.5. The van der Waals surface area contributed by atoms with Crippen molar-refractivity contribution >= 4 is 11.8 Å². The first kappa shape index (κ1) is 28.3. The van der Waals surface area contributed by atoms with Crippen LogP contribution in [0.5, 0.6) is 11.5 Å². The van der Waals surface area contributed by atoms with Gasteiger partial charge in [0.15, 0.2) is 11.6 Å². The fourth-order valence-electron chi connectivity index (χ4n) is 5.89. The maximum Gasteiger partial charge on any atom is 0.253 e. The van der Waals surface area contributed by atoms with E-state index in [1.165, 1.54) is 6.20 Å². The Labute approximate surface area is 256 Å². The van der Waals surface area contributed by atoms with E-state index in [0.29, 0.717) is 54.6 Å². The van der Waals surface area contributed by atoms with Gasteiger partial charge in [0, 0.05) is 47.0 Å². The second-order valence-electron chi connectivity index (χ2n) is 11.0. The summed E-state index contributed by atoms with van der Waals surface area (Å²) in [5.41, 5.74) is 2.35. The minimum Gasteiger partial charge on any atom is -0.457 e. The van der Waals surface area contributed by atoms with E-state index in [4.69, 9.17) is 4.74 Å². The molecule has 4 aromatic carbocycles. The molecule has 0 bridgehead atoms. The average Bonchev–Trinajstić information content (AvgIpc) is 3.56. The summed E-state index contributed by atoms with van der Waals surface area (Å²) in [4.78, 5) is 28.7. The zero-order valence-corrected chi connectivity index (χ0v) is 23.8. The molecular formula is C34H26F3N5O3. The van der Waals surface area contributed by atoms with Crippen molar-refractivity contribution in [2.45, 2.75) is 24.9 Å². The Morgan fingerprint density at radius 3 is 2.13 bits per heavy atom. The number of fused-ring (bicyclic) bond motifs is 2. The van der Waals surface area contributed by atoms with Gasteiger partial charge >= 0.3 is 0 Å². The van der Waals surface area contributed by atoms with Gasteiger partial charge < -0.3 is 15.0 Å². The molecule has 5 aromatic rings. The molecule has 1 fully saturated rings. The highest BCUT2D eigenvalue weighted by Crippen LogP contribution is 2.42. The molecular weight excluding hydrogens is 583 g/mol. The van der Waals surface area contributed by atoms with Crippen molar-refractivity contribution in [2.24, 2.45) is 0 Å². The molecule has 0 saturated carbocycles. The van der Waals surface area contributed by atoms with Gasteiger partial charge in [-0.25, -0.2) is 17.9 Å². The van der Waals surface area contributed by atoms with Gasteiger partial charge in [0.25, 0.3) is 11.8 Å². The lowest BCUT2D eigenvalue weighted by molar-refractivity contribution is 0.0689. The van der Waals surface area contributed by atoms with E-state index >= 15 is 0 Å². The van der Waals surface area contributed by atoms with Crippen LogP contribution >= 0.6 is 0 Å². The minimum atomic E-state index is -1.28. The van der Waals surface area contributed by atoms with E-state index in [2.05, 4.69) is 15.6 Å². The zero-order valence-electron chi connectivity index (χ0n) is 23.8. The molecule has 1 N–H and O–H groups in total. The number of aromatic nitrogens is 3. The van der Waals surface area contributed by atoms with Crippen molar-refractivity contribution in [3.8, 4) is 22.8 Å². The molecule has 45 heavy (non-hydrogen) atoms. The first-order valence-corrected chi connectivity index (χ1v) is 14.5. The number of nitrogens with zero attached hydrogens (tertiary/aromatic N) is 4. The van der Waals surface area contributed by atoms with Crippen molar-refractivity contribution < 1.29 is 27.5 Å². The number of para-hydroxylation sites is 2. The Kier molecular flexibility index (Phi) is 7.28. The zero-order chi connectivity index (χ0) is 31.1. The fourth-order valence-corrected chi connectivity index (χ4v) is 5.89. The molecule has 2 amide bonds. The number of carbonyl (C=O) groups is 2. The number of benzene rings is 4. The second-order valence-corrected chi connectivity index (χ2v) is 11.0. The Balaban J connectivity index is 1.02. The van der Waals surface area contributed by atoms with Crippen LogP contribution in [-0.4, -0.2) is 44.8 Å².